The second kappa shape index (κ2) is 11.7. The van der Waals surface area contributed by atoms with E-state index in [0.717, 1.165) is 0 Å². The summed E-state index contributed by atoms with van der Waals surface area (Å²) in [6.07, 6.45) is 12.5. The molecule has 0 aliphatic heterocycles. The van der Waals surface area contributed by atoms with Gasteiger partial charge >= 0.3 is 0 Å². The number of rotatable bonds is 7. The van der Waals surface area contributed by atoms with E-state index >= 15 is 0 Å². The number of unbranched alkanes of at least 4 members (excludes halogenated alkanes) is 3. The van der Waals surface area contributed by atoms with Crippen molar-refractivity contribution in [2.24, 2.45) is 21.7 Å². The number of hydrogen-bond donors (Lipinski definition) is 0. The molecule has 0 fully saturated rings. The quantitative estimate of drug-likeness (QED) is 0.399. The van der Waals surface area contributed by atoms with Crippen LogP contribution in [0.15, 0.2) is 0 Å². The Labute approximate surface area is 163 Å². The van der Waals surface area contributed by atoms with Crippen molar-refractivity contribution in [3.05, 3.63) is 0 Å². The maximum absolute atomic E-state index is 2.33. The Balaban J connectivity index is 0. The van der Waals surface area contributed by atoms with Gasteiger partial charge in [0.1, 0.15) is 0 Å². The minimum atomic E-state index is 0.526. The van der Waals surface area contributed by atoms with Gasteiger partial charge in [-0.05, 0) is 47.3 Å². The molecule has 0 radical (unpaired) electrons. The molecule has 0 aliphatic rings. The van der Waals surface area contributed by atoms with E-state index in [1.807, 2.05) is 0 Å². The SMILES string of the molecule is CC(C)(C)CCCCC(C)(C)C.CC(C)(C)CCCCCC(C)(C)C. The van der Waals surface area contributed by atoms with Crippen molar-refractivity contribution < 1.29 is 0 Å². The standard InChI is InChI=1S/C13H28.C12H26/c1-12(2,3)10-8-7-9-11-13(4,5)6;1-11(2,3)9-7-8-10-12(4,5)6/h7-11H2,1-6H3;7-10H2,1-6H3. The molecule has 0 heterocycles. The summed E-state index contributed by atoms with van der Waals surface area (Å²) >= 11 is 0. The Morgan fingerprint density at radius 3 is 0.600 bits per heavy atom. The van der Waals surface area contributed by atoms with Gasteiger partial charge in [-0.2, -0.15) is 0 Å². The van der Waals surface area contributed by atoms with E-state index in [4.69, 9.17) is 0 Å². The Morgan fingerprint density at radius 2 is 0.440 bits per heavy atom. The van der Waals surface area contributed by atoms with E-state index < -0.39 is 0 Å². The summed E-state index contributed by atoms with van der Waals surface area (Å²) in [6.45, 7) is 27.9. The van der Waals surface area contributed by atoms with E-state index in [2.05, 4.69) is 83.1 Å². The highest BCUT2D eigenvalue weighted by Crippen LogP contribution is 2.27. The molecule has 25 heavy (non-hydrogen) atoms. The Kier molecular flexibility index (Phi) is 12.7. The lowest BCUT2D eigenvalue weighted by Gasteiger charge is -2.21. The summed E-state index contributed by atoms with van der Waals surface area (Å²) in [5, 5.41) is 0. The highest BCUT2D eigenvalue weighted by atomic mass is 14.2. The van der Waals surface area contributed by atoms with Crippen LogP contribution in [-0.4, -0.2) is 0 Å². The van der Waals surface area contributed by atoms with Crippen molar-refractivity contribution >= 4 is 0 Å². The molecule has 0 aromatic heterocycles. The molecule has 0 saturated carbocycles. The minimum Gasteiger partial charge on any atom is -0.0602 e. The maximum atomic E-state index is 2.33. The van der Waals surface area contributed by atoms with Gasteiger partial charge in [0, 0.05) is 0 Å². The minimum absolute atomic E-state index is 0.526. The van der Waals surface area contributed by atoms with Gasteiger partial charge < -0.3 is 0 Å². The van der Waals surface area contributed by atoms with Gasteiger partial charge in [-0.25, -0.2) is 0 Å². The van der Waals surface area contributed by atoms with Crippen LogP contribution in [0.3, 0.4) is 0 Å². The van der Waals surface area contributed by atoms with Crippen LogP contribution in [0.5, 0.6) is 0 Å². The molecule has 0 saturated heterocycles. The lowest BCUT2D eigenvalue weighted by molar-refractivity contribution is 0.318. The van der Waals surface area contributed by atoms with Crippen LogP contribution in [0.2, 0.25) is 0 Å². The van der Waals surface area contributed by atoms with Crippen molar-refractivity contribution in [1.29, 1.82) is 0 Å². The monoisotopic (exact) mass is 354 g/mol. The van der Waals surface area contributed by atoms with Crippen molar-refractivity contribution in [1.82, 2.24) is 0 Å². The normalized spacial score (nSPS) is 13.4. The first-order valence-electron chi connectivity index (χ1n) is 10.9. The Bertz CT molecular complexity index is 263. The molecule has 0 atom stereocenters. The van der Waals surface area contributed by atoms with E-state index in [9.17, 15) is 0 Å². The van der Waals surface area contributed by atoms with Gasteiger partial charge in [0.2, 0.25) is 0 Å². The van der Waals surface area contributed by atoms with Crippen LogP contribution in [0.25, 0.3) is 0 Å². The molecule has 0 aromatic carbocycles. The molecular formula is C25H54. The zero-order valence-electron chi connectivity index (χ0n) is 20.4. The second-order valence-corrected chi connectivity index (χ2v) is 13.0. The first kappa shape index (κ1) is 27.2. The predicted molar refractivity (Wildman–Crippen MR) is 119 cm³/mol. The van der Waals surface area contributed by atoms with Crippen LogP contribution >= 0.6 is 0 Å². The topological polar surface area (TPSA) is 0 Å². The van der Waals surface area contributed by atoms with Gasteiger partial charge in [-0.15, -0.1) is 0 Å². The summed E-state index contributed by atoms with van der Waals surface area (Å²) in [7, 11) is 0. The molecule has 0 amide bonds. The maximum Gasteiger partial charge on any atom is -0.0383 e. The third-order valence-corrected chi connectivity index (χ3v) is 4.46. The third-order valence-electron chi connectivity index (χ3n) is 4.46. The van der Waals surface area contributed by atoms with Crippen molar-refractivity contribution in [2.75, 3.05) is 0 Å². The molecule has 0 nitrogen and oxygen atoms in total. The van der Waals surface area contributed by atoms with Crippen molar-refractivity contribution in [3.8, 4) is 0 Å². The van der Waals surface area contributed by atoms with Crippen LogP contribution in [0, 0.1) is 21.7 Å². The number of hydrogen-bond acceptors (Lipinski definition) is 0. The summed E-state index contributed by atoms with van der Waals surface area (Å²) in [4.78, 5) is 0. The molecule has 0 unspecified atom stereocenters. The van der Waals surface area contributed by atoms with Gasteiger partial charge in [-0.3, -0.25) is 0 Å². The van der Waals surface area contributed by atoms with Crippen molar-refractivity contribution in [2.45, 2.75) is 141 Å². The fourth-order valence-electron chi connectivity index (χ4n) is 2.80. The van der Waals surface area contributed by atoms with E-state index in [1.165, 1.54) is 57.8 Å². The lowest BCUT2D eigenvalue weighted by Crippen LogP contribution is -2.07. The zero-order valence-corrected chi connectivity index (χ0v) is 20.4. The average Bonchev–Trinajstić information content (AvgIpc) is 2.30. The average molecular weight is 355 g/mol. The fourth-order valence-corrected chi connectivity index (χ4v) is 2.80. The third kappa shape index (κ3) is 32.2. The molecule has 0 spiro atoms. The molecule has 154 valence electrons. The van der Waals surface area contributed by atoms with Crippen LogP contribution in [0.4, 0.5) is 0 Å². The highest BCUT2D eigenvalue weighted by Gasteiger charge is 2.13. The molecule has 0 heteroatoms. The molecule has 0 rings (SSSR count). The lowest BCUT2D eigenvalue weighted by atomic mass is 9.85. The Hall–Kier alpha value is 0. The Morgan fingerprint density at radius 1 is 0.280 bits per heavy atom. The van der Waals surface area contributed by atoms with Crippen LogP contribution in [-0.2, 0) is 0 Å². The smallest absolute Gasteiger partial charge is 0.0383 e. The van der Waals surface area contributed by atoms with Crippen LogP contribution in [0.1, 0.15) is 141 Å². The molecule has 0 aliphatic carbocycles. The molecular weight excluding hydrogens is 300 g/mol. The summed E-state index contributed by atoms with van der Waals surface area (Å²) in [5.74, 6) is 0. The molecule has 0 N–H and O–H groups in total. The van der Waals surface area contributed by atoms with Gasteiger partial charge in [0.15, 0.2) is 0 Å². The largest absolute Gasteiger partial charge is 0.0602 e. The van der Waals surface area contributed by atoms with Gasteiger partial charge in [-0.1, -0.05) is 115 Å². The first-order valence-corrected chi connectivity index (χ1v) is 10.9. The summed E-state index contributed by atoms with van der Waals surface area (Å²) < 4.78 is 0. The summed E-state index contributed by atoms with van der Waals surface area (Å²) in [5.41, 5.74) is 2.11. The van der Waals surface area contributed by atoms with Gasteiger partial charge in [0.25, 0.3) is 0 Å². The highest BCUT2D eigenvalue weighted by molar-refractivity contribution is 4.65. The first-order chi connectivity index (χ1) is 10.9. The van der Waals surface area contributed by atoms with Crippen molar-refractivity contribution in [3.63, 3.8) is 0 Å². The molecule has 0 aromatic rings. The zero-order chi connectivity index (χ0) is 20.4. The van der Waals surface area contributed by atoms with Gasteiger partial charge in [0.05, 0.1) is 0 Å². The van der Waals surface area contributed by atoms with E-state index in [0.29, 0.717) is 21.7 Å². The van der Waals surface area contributed by atoms with E-state index in [1.54, 1.807) is 0 Å². The molecule has 0 bridgehead atoms. The summed E-state index contributed by atoms with van der Waals surface area (Å²) in [6, 6.07) is 0. The second-order valence-electron chi connectivity index (χ2n) is 13.0. The van der Waals surface area contributed by atoms with E-state index in [-0.39, 0.29) is 0 Å². The fraction of sp³-hybridized carbons (Fsp3) is 1.00. The van der Waals surface area contributed by atoms with Crippen LogP contribution < -0.4 is 0 Å². The predicted octanol–water partition coefficient (Wildman–Crippen LogP) is 9.67.